The van der Waals surface area contributed by atoms with Gasteiger partial charge < -0.3 is 14.2 Å². The average molecular weight is 403 g/mol. The highest BCUT2D eigenvalue weighted by molar-refractivity contribution is 7.99. The van der Waals surface area contributed by atoms with E-state index in [4.69, 9.17) is 4.42 Å². The molecule has 1 aromatic carbocycles. The van der Waals surface area contributed by atoms with Gasteiger partial charge in [0.1, 0.15) is 18.1 Å². The van der Waals surface area contributed by atoms with Gasteiger partial charge in [0.15, 0.2) is 0 Å². The summed E-state index contributed by atoms with van der Waals surface area (Å²) in [4.78, 5) is 30.4. The summed E-state index contributed by atoms with van der Waals surface area (Å²) >= 11 is 1.80. The van der Waals surface area contributed by atoms with Gasteiger partial charge in [0, 0.05) is 37.6 Å². The summed E-state index contributed by atoms with van der Waals surface area (Å²) in [6.07, 6.45) is 2.51. The lowest BCUT2D eigenvalue weighted by atomic mass is 10.2. The van der Waals surface area contributed by atoms with Gasteiger partial charge in [-0.25, -0.2) is 9.18 Å². The van der Waals surface area contributed by atoms with Crippen molar-refractivity contribution in [3.05, 3.63) is 54.2 Å². The van der Waals surface area contributed by atoms with Crippen LogP contribution in [0, 0.1) is 5.82 Å². The van der Waals surface area contributed by atoms with Gasteiger partial charge in [-0.3, -0.25) is 9.69 Å². The smallest absolute Gasteiger partial charge is 0.325 e. The van der Waals surface area contributed by atoms with Gasteiger partial charge in [0.25, 0.3) is 0 Å². The molecule has 0 aliphatic carbocycles. The number of anilines is 1. The molecular formula is C20H22FN3O3S. The molecule has 6 nitrogen and oxygen atoms in total. The van der Waals surface area contributed by atoms with Crippen molar-refractivity contribution in [2.45, 2.75) is 11.7 Å². The van der Waals surface area contributed by atoms with E-state index in [1.54, 1.807) is 40.0 Å². The third-order valence-electron chi connectivity index (χ3n) is 5.11. The number of halogens is 1. The van der Waals surface area contributed by atoms with Crippen LogP contribution in [0.1, 0.15) is 17.4 Å². The molecular weight excluding hydrogens is 381 g/mol. The Morgan fingerprint density at radius 2 is 1.96 bits per heavy atom. The summed E-state index contributed by atoms with van der Waals surface area (Å²) in [6, 6.07) is 9.48. The largest absolute Gasteiger partial charge is 0.468 e. The zero-order valence-corrected chi connectivity index (χ0v) is 16.2. The number of urea groups is 1. The lowest BCUT2D eigenvalue weighted by Gasteiger charge is -2.24. The van der Waals surface area contributed by atoms with Gasteiger partial charge in [-0.1, -0.05) is 0 Å². The van der Waals surface area contributed by atoms with Gasteiger partial charge in [-0.15, -0.1) is 11.8 Å². The van der Waals surface area contributed by atoms with E-state index in [-0.39, 0.29) is 29.6 Å². The van der Waals surface area contributed by atoms with E-state index in [1.165, 1.54) is 12.1 Å². The fraction of sp³-hybridized carbons (Fsp3) is 0.400. The Kier molecular flexibility index (Phi) is 5.57. The standard InChI is InChI=1S/C20H22FN3O3S/c21-15-3-5-16(6-4-15)24-10-9-23(20(24)26)14-19(25)22-8-7-18(28-13-11-22)17-2-1-12-27-17/h1-6,12,18H,7-11,13-14H2. The van der Waals surface area contributed by atoms with Crippen LogP contribution in [-0.2, 0) is 4.79 Å². The van der Waals surface area contributed by atoms with Crippen molar-refractivity contribution < 1.29 is 18.4 Å². The van der Waals surface area contributed by atoms with E-state index in [1.807, 2.05) is 17.0 Å². The zero-order chi connectivity index (χ0) is 19.5. The Bertz CT molecular complexity index is 828. The monoisotopic (exact) mass is 403 g/mol. The van der Waals surface area contributed by atoms with Crippen molar-refractivity contribution in [1.82, 2.24) is 9.80 Å². The number of benzene rings is 1. The molecule has 0 spiro atoms. The van der Waals surface area contributed by atoms with Gasteiger partial charge >= 0.3 is 6.03 Å². The predicted molar refractivity (Wildman–Crippen MR) is 106 cm³/mol. The highest BCUT2D eigenvalue weighted by Gasteiger charge is 2.32. The molecule has 2 saturated heterocycles. The number of nitrogens with zero attached hydrogens (tertiary/aromatic N) is 3. The molecule has 3 heterocycles. The zero-order valence-electron chi connectivity index (χ0n) is 15.4. The van der Waals surface area contributed by atoms with Gasteiger partial charge in [0.05, 0.1) is 11.5 Å². The minimum atomic E-state index is -0.339. The molecule has 2 aromatic rings. The third-order valence-corrected chi connectivity index (χ3v) is 6.40. The van der Waals surface area contributed by atoms with Gasteiger partial charge in [-0.2, -0.15) is 0 Å². The molecule has 2 fully saturated rings. The molecule has 28 heavy (non-hydrogen) atoms. The maximum Gasteiger partial charge on any atom is 0.325 e. The first-order valence-corrected chi connectivity index (χ1v) is 10.4. The highest BCUT2D eigenvalue weighted by atomic mass is 32.2. The molecule has 0 N–H and O–H groups in total. The lowest BCUT2D eigenvalue weighted by Crippen LogP contribution is -2.43. The fourth-order valence-corrected chi connectivity index (χ4v) is 4.76. The van der Waals surface area contributed by atoms with Crippen molar-refractivity contribution in [2.24, 2.45) is 0 Å². The number of rotatable bonds is 4. The van der Waals surface area contributed by atoms with Crippen LogP contribution >= 0.6 is 11.8 Å². The summed E-state index contributed by atoms with van der Waals surface area (Å²) < 4.78 is 18.6. The SMILES string of the molecule is O=C(CN1CCN(c2ccc(F)cc2)C1=O)N1CCSC(c2ccco2)CC1. The summed E-state index contributed by atoms with van der Waals surface area (Å²) in [5.74, 6) is 1.42. The van der Waals surface area contributed by atoms with E-state index >= 15 is 0 Å². The molecule has 1 aromatic heterocycles. The first kappa shape index (κ1) is 18.9. The van der Waals surface area contributed by atoms with E-state index < -0.39 is 0 Å². The van der Waals surface area contributed by atoms with E-state index in [9.17, 15) is 14.0 Å². The van der Waals surface area contributed by atoms with Crippen molar-refractivity contribution in [3.63, 3.8) is 0 Å². The van der Waals surface area contributed by atoms with Crippen LogP contribution in [-0.4, -0.2) is 60.2 Å². The molecule has 1 atom stereocenters. The van der Waals surface area contributed by atoms with Crippen molar-refractivity contribution in [1.29, 1.82) is 0 Å². The molecule has 2 aliphatic heterocycles. The number of hydrogen-bond acceptors (Lipinski definition) is 4. The van der Waals surface area contributed by atoms with Crippen LogP contribution in [0.5, 0.6) is 0 Å². The average Bonchev–Trinajstić information content (AvgIpc) is 3.27. The maximum absolute atomic E-state index is 13.1. The molecule has 0 bridgehead atoms. The number of hydrogen-bond donors (Lipinski definition) is 0. The highest BCUT2D eigenvalue weighted by Crippen LogP contribution is 2.34. The predicted octanol–water partition coefficient (Wildman–Crippen LogP) is 3.37. The second-order valence-electron chi connectivity index (χ2n) is 6.88. The third kappa shape index (κ3) is 4.01. The van der Waals surface area contributed by atoms with Gasteiger partial charge in [0.2, 0.25) is 5.91 Å². The molecule has 4 rings (SSSR count). The Labute approximate surface area is 167 Å². The van der Waals surface area contributed by atoms with E-state index in [0.717, 1.165) is 17.9 Å². The van der Waals surface area contributed by atoms with Crippen molar-refractivity contribution in [2.75, 3.05) is 43.4 Å². The Hall–Kier alpha value is -2.48. The normalized spacial score (nSPS) is 20.5. The molecule has 0 radical (unpaired) electrons. The molecule has 3 amide bonds. The number of thioether (sulfide) groups is 1. The Balaban J connectivity index is 1.33. The maximum atomic E-state index is 13.1. The minimum Gasteiger partial charge on any atom is -0.468 e. The quantitative estimate of drug-likeness (QED) is 0.786. The minimum absolute atomic E-state index is 0.0324. The van der Waals surface area contributed by atoms with Crippen LogP contribution in [0.3, 0.4) is 0 Å². The fourth-order valence-electron chi connectivity index (χ4n) is 3.57. The second kappa shape index (κ2) is 8.26. The molecule has 148 valence electrons. The summed E-state index contributed by atoms with van der Waals surface area (Å²) in [5.41, 5.74) is 0.647. The van der Waals surface area contributed by atoms with Crippen LogP contribution < -0.4 is 4.90 Å². The van der Waals surface area contributed by atoms with Crippen LogP contribution in [0.2, 0.25) is 0 Å². The first-order valence-electron chi connectivity index (χ1n) is 9.36. The molecule has 8 heteroatoms. The Morgan fingerprint density at radius 1 is 1.14 bits per heavy atom. The first-order chi connectivity index (χ1) is 13.6. The molecule has 1 unspecified atom stereocenters. The molecule has 2 aliphatic rings. The van der Waals surface area contributed by atoms with Crippen LogP contribution in [0.4, 0.5) is 14.9 Å². The molecule has 0 saturated carbocycles. The summed E-state index contributed by atoms with van der Waals surface area (Å²) in [6.45, 7) is 2.38. The van der Waals surface area contributed by atoms with E-state index in [0.29, 0.717) is 31.9 Å². The van der Waals surface area contributed by atoms with Crippen LogP contribution in [0.15, 0.2) is 47.1 Å². The number of carbonyl (C=O) groups is 2. The van der Waals surface area contributed by atoms with Crippen molar-refractivity contribution >= 4 is 29.4 Å². The topological polar surface area (TPSA) is 57.0 Å². The number of amides is 3. The second-order valence-corrected chi connectivity index (χ2v) is 8.19. The summed E-state index contributed by atoms with van der Waals surface area (Å²) in [7, 11) is 0. The van der Waals surface area contributed by atoms with E-state index in [2.05, 4.69) is 0 Å². The van der Waals surface area contributed by atoms with Gasteiger partial charge in [-0.05, 0) is 42.8 Å². The number of carbonyl (C=O) groups excluding carboxylic acids is 2. The lowest BCUT2D eigenvalue weighted by molar-refractivity contribution is -0.131. The number of furan rings is 1. The summed E-state index contributed by atoms with van der Waals surface area (Å²) in [5, 5.41) is 0.259. The van der Waals surface area contributed by atoms with Crippen LogP contribution in [0.25, 0.3) is 0 Å². The van der Waals surface area contributed by atoms with Crippen molar-refractivity contribution in [3.8, 4) is 0 Å². The Morgan fingerprint density at radius 3 is 2.71 bits per heavy atom.